The van der Waals surface area contributed by atoms with Gasteiger partial charge in [0.2, 0.25) is 17.7 Å². The van der Waals surface area contributed by atoms with Crippen LogP contribution in [-0.4, -0.2) is 92.1 Å². The molecule has 3 amide bonds. The van der Waals surface area contributed by atoms with Gasteiger partial charge in [-0.2, -0.15) is 0 Å². The molecule has 2 aliphatic heterocycles. The number of epoxide rings is 1. The molecule has 10 heteroatoms. The lowest BCUT2D eigenvalue weighted by Gasteiger charge is -2.26. The third kappa shape index (κ3) is 7.25. The Morgan fingerprint density at radius 3 is 2.34 bits per heavy atom. The van der Waals surface area contributed by atoms with Crippen LogP contribution in [0.4, 0.5) is 0 Å². The molecule has 3 rings (SSSR count). The summed E-state index contributed by atoms with van der Waals surface area (Å²) in [5.74, 6) is -0.813. The number of Topliss-reactive ketones (excluding diaryl/α,β-unsaturated/α-hetero) is 1. The molecule has 32 heavy (non-hydrogen) atoms. The molecule has 3 N–H and O–H groups in total. The lowest BCUT2D eigenvalue weighted by atomic mass is 9.91. The molecule has 180 valence electrons. The van der Waals surface area contributed by atoms with Gasteiger partial charge in [0.15, 0.2) is 5.78 Å². The number of ether oxygens (including phenoxy) is 2. The van der Waals surface area contributed by atoms with Crippen LogP contribution in [0, 0.1) is 5.92 Å². The van der Waals surface area contributed by atoms with Gasteiger partial charge in [0.25, 0.3) is 0 Å². The van der Waals surface area contributed by atoms with E-state index >= 15 is 0 Å². The van der Waals surface area contributed by atoms with Gasteiger partial charge in [-0.25, -0.2) is 0 Å². The molecule has 2 heterocycles. The Bertz CT molecular complexity index is 699. The Labute approximate surface area is 189 Å². The number of rotatable bonds is 11. The number of nitrogens with one attached hydrogen (secondary N) is 3. The summed E-state index contributed by atoms with van der Waals surface area (Å²) in [6.07, 6.45) is 5.04. The van der Waals surface area contributed by atoms with E-state index in [4.69, 9.17) is 9.47 Å². The van der Waals surface area contributed by atoms with Gasteiger partial charge in [-0.05, 0) is 26.2 Å². The highest BCUT2D eigenvalue weighted by Crippen LogP contribution is 2.33. The fourth-order valence-electron chi connectivity index (χ4n) is 4.31. The van der Waals surface area contributed by atoms with Gasteiger partial charge in [0, 0.05) is 13.1 Å². The van der Waals surface area contributed by atoms with E-state index in [1.54, 1.807) is 13.8 Å². The quantitative estimate of drug-likeness (QED) is 0.356. The zero-order valence-electron chi connectivity index (χ0n) is 19.1. The number of carbonyl (C=O) groups excluding carboxylic acids is 4. The highest BCUT2D eigenvalue weighted by molar-refractivity contribution is 5.97. The van der Waals surface area contributed by atoms with E-state index in [1.807, 2.05) is 4.90 Å². The van der Waals surface area contributed by atoms with Crippen LogP contribution in [0.2, 0.25) is 0 Å². The maximum Gasteiger partial charge on any atom is 0.242 e. The van der Waals surface area contributed by atoms with Gasteiger partial charge in [-0.15, -0.1) is 0 Å². The zero-order chi connectivity index (χ0) is 23.1. The molecule has 3 atom stereocenters. The van der Waals surface area contributed by atoms with Crippen molar-refractivity contribution in [1.29, 1.82) is 0 Å². The minimum Gasteiger partial charge on any atom is -0.379 e. The maximum absolute atomic E-state index is 12.8. The van der Waals surface area contributed by atoms with Crippen LogP contribution in [0.5, 0.6) is 0 Å². The van der Waals surface area contributed by atoms with E-state index in [-0.39, 0.29) is 24.8 Å². The first-order valence-corrected chi connectivity index (χ1v) is 11.6. The van der Waals surface area contributed by atoms with Crippen LogP contribution in [0.15, 0.2) is 0 Å². The molecule has 1 saturated carbocycles. The van der Waals surface area contributed by atoms with Crippen molar-refractivity contribution in [3.05, 3.63) is 0 Å². The summed E-state index contributed by atoms with van der Waals surface area (Å²) in [5, 5.41) is 7.98. The molecule has 0 spiro atoms. The van der Waals surface area contributed by atoms with Crippen LogP contribution in [0.3, 0.4) is 0 Å². The summed E-state index contributed by atoms with van der Waals surface area (Å²) in [5.41, 5.74) is -0.806. The first-order valence-electron chi connectivity index (χ1n) is 11.6. The van der Waals surface area contributed by atoms with Crippen LogP contribution in [0.25, 0.3) is 0 Å². The number of nitrogens with zero attached hydrogens (tertiary/aromatic N) is 1. The molecule has 2 saturated heterocycles. The maximum atomic E-state index is 12.8. The van der Waals surface area contributed by atoms with Gasteiger partial charge in [0.05, 0.1) is 39.0 Å². The third-order valence-electron chi connectivity index (χ3n) is 6.46. The number of hydrogen-bond acceptors (Lipinski definition) is 7. The highest BCUT2D eigenvalue weighted by Gasteiger charge is 2.50. The molecule has 1 aliphatic carbocycles. The van der Waals surface area contributed by atoms with Crippen molar-refractivity contribution in [2.24, 2.45) is 5.92 Å². The number of morpholine rings is 1. The van der Waals surface area contributed by atoms with Crippen molar-refractivity contribution in [3.8, 4) is 0 Å². The summed E-state index contributed by atoms with van der Waals surface area (Å²) in [4.78, 5) is 51.7. The molecule has 3 fully saturated rings. The molecule has 0 radical (unpaired) electrons. The van der Waals surface area contributed by atoms with Gasteiger partial charge in [-0.1, -0.05) is 25.7 Å². The fraction of sp³-hybridized carbons (Fsp3) is 0.818. The molecular weight excluding hydrogens is 416 g/mol. The number of carbonyl (C=O) groups is 4. The van der Waals surface area contributed by atoms with Gasteiger partial charge < -0.3 is 25.4 Å². The largest absolute Gasteiger partial charge is 0.379 e. The van der Waals surface area contributed by atoms with E-state index in [0.717, 1.165) is 25.7 Å². The standard InChI is InChI=1S/C22H36N4O6/c1-15(24-19(28)13-26-7-9-31-10-8-26)21(30)23-12-18(27)25-17(11-16-5-3-4-6-16)20(29)22(2)14-32-22/h15-17H,3-14H2,1-2H3,(H,23,30)(H,24,28)(H,25,27)/t15-,17-,22+/m0/s1. The number of amides is 3. The van der Waals surface area contributed by atoms with Crippen LogP contribution in [0.1, 0.15) is 46.0 Å². The second kappa shape index (κ2) is 11.2. The molecule has 0 unspecified atom stereocenters. The normalized spacial score (nSPS) is 25.6. The van der Waals surface area contributed by atoms with Gasteiger partial charge >= 0.3 is 0 Å². The second-order valence-electron chi connectivity index (χ2n) is 9.29. The summed E-state index contributed by atoms with van der Waals surface area (Å²) in [6, 6.07) is -1.38. The van der Waals surface area contributed by atoms with Crippen molar-refractivity contribution in [1.82, 2.24) is 20.9 Å². The Kier molecular flexibility index (Phi) is 8.61. The summed E-state index contributed by atoms with van der Waals surface area (Å²) in [6.45, 7) is 6.18. The second-order valence-corrected chi connectivity index (χ2v) is 9.29. The summed E-state index contributed by atoms with van der Waals surface area (Å²) in [7, 11) is 0. The lowest BCUT2D eigenvalue weighted by molar-refractivity contribution is -0.132. The van der Waals surface area contributed by atoms with E-state index in [2.05, 4.69) is 16.0 Å². The molecular formula is C22H36N4O6. The van der Waals surface area contributed by atoms with Crippen molar-refractivity contribution in [2.75, 3.05) is 46.0 Å². The average Bonchev–Trinajstić information content (AvgIpc) is 3.30. The monoisotopic (exact) mass is 452 g/mol. The summed E-state index contributed by atoms with van der Waals surface area (Å²) < 4.78 is 10.5. The predicted molar refractivity (Wildman–Crippen MR) is 116 cm³/mol. The van der Waals surface area contributed by atoms with Crippen LogP contribution in [-0.2, 0) is 28.7 Å². The van der Waals surface area contributed by atoms with Gasteiger partial charge in [-0.3, -0.25) is 24.1 Å². The topological polar surface area (TPSA) is 129 Å². The molecule has 3 aliphatic rings. The first-order chi connectivity index (χ1) is 15.3. The Hall–Kier alpha value is -2.04. The van der Waals surface area contributed by atoms with E-state index in [1.165, 1.54) is 0 Å². The Morgan fingerprint density at radius 1 is 1.06 bits per heavy atom. The van der Waals surface area contributed by atoms with Crippen LogP contribution >= 0.6 is 0 Å². The zero-order valence-corrected chi connectivity index (χ0v) is 19.1. The van der Waals surface area contributed by atoms with Crippen molar-refractivity contribution in [2.45, 2.75) is 63.6 Å². The van der Waals surface area contributed by atoms with Crippen molar-refractivity contribution in [3.63, 3.8) is 0 Å². The number of ketones is 1. The minimum atomic E-state index is -0.806. The lowest BCUT2D eigenvalue weighted by Crippen LogP contribution is -2.52. The fourth-order valence-corrected chi connectivity index (χ4v) is 4.31. The number of hydrogen-bond donors (Lipinski definition) is 3. The molecule has 0 aromatic heterocycles. The van der Waals surface area contributed by atoms with Gasteiger partial charge in [0.1, 0.15) is 11.6 Å². The first kappa shape index (κ1) is 24.6. The minimum absolute atomic E-state index is 0.104. The molecule has 0 bridgehead atoms. The summed E-state index contributed by atoms with van der Waals surface area (Å²) >= 11 is 0. The highest BCUT2D eigenvalue weighted by atomic mass is 16.6. The average molecular weight is 453 g/mol. The SMILES string of the molecule is C[C@H](NC(=O)CN1CCOCC1)C(=O)NCC(=O)N[C@@H](CC1CCCC1)C(=O)[C@@]1(C)CO1. The Balaban J connectivity index is 1.41. The van der Waals surface area contributed by atoms with E-state index in [0.29, 0.717) is 45.2 Å². The molecule has 0 aromatic rings. The van der Waals surface area contributed by atoms with Crippen molar-refractivity contribution < 1.29 is 28.7 Å². The molecule has 0 aromatic carbocycles. The predicted octanol–water partition coefficient (Wildman–Crippen LogP) is -0.637. The third-order valence-corrected chi connectivity index (χ3v) is 6.46. The van der Waals surface area contributed by atoms with E-state index < -0.39 is 29.5 Å². The smallest absolute Gasteiger partial charge is 0.242 e. The van der Waals surface area contributed by atoms with Crippen LogP contribution < -0.4 is 16.0 Å². The Morgan fingerprint density at radius 2 is 1.72 bits per heavy atom. The van der Waals surface area contributed by atoms with Crippen molar-refractivity contribution >= 4 is 23.5 Å². The molecule has 10 nitrogen and oxygen atoms in total. The van der Waals surface area contributed by atoms with E-state index in [9.17, 15) is 19.2 Å².